The third-order valence-corrected chi connectivity index (χ3v) is 4.85. The Balaban J connectivity index is 2.25. The molecule has 19 heavy (non-hydrogen) atoms. The summed E-state index contributed by atoms with van der Waals surface area (Å²) < 4.78 is 12.4. The van der Waals surface area contributed by atoms with Gasteiger partial charge in [-0.25, -0.2) is 0 Å². The minimum atomic E-state index is -1.05. The smallest absolute Gasteiger partial charge is 0.0577 e. The zero-order chi connectivity index (χ0) is 14.0. The van der Waals surface area contributed by atoms with E-state index < -0.39 is 10.8 Å². The number of hydrogen-bond acceptors (Lipinski definition) is 2. The standard InChI is InChI=1S/C16H19NOS/c1-11-4-6-14(8-13(11)3)10-19(18)16-9-15(17)7-5-12(16)2/h4-9H,10,17H2,1-3H3. The maximum atomic E-state index is 12.4. The highest BCUT2D eigenvalue weighted by Gasteiger charge is 2.09. The normalized spacial score (nSPS) is 12.4. The summed E-state index contributed by atoms with van der Waals surface area (Å²) >= 11 is 0. The summed E-state index contributed by atoms with van der Waals surface area (Å²) in [4.78, 5) is 0.832. The molecule has 0 saturated heterocycles. The molecule has 100 valence electrons. The van der Waals surface area contributed by atoms with Gasteiger partial charge in [-0.05, 0) is 55.2 Å². The van der Waals surface area contributed by atoms with E-state index in [4.69, 9.17) is 5.73 Å². The van der Waals surface area contributed by atoms with Crippen LogP contribution < -0.4 is 5.73 Å². The summed E-state index contributed by atoms with van der Waals surface area (Å²) in [6.07, 6.45) is 0. The van der Waals surface area contributed by atoms with Crippen LogP contribution >= 0.6 is 0 Å². The first kappa shape index (κ1) is 13.8. The van der Waals surface area contributed by atoms with E-state index in [1.165, 1.54) is 11.1 Å². The van der Waals surface area contributed by atoms with Gasteiger partial charge in [0.2, 0.25) is 0 Å². The van der Waals surface area contributed by atoms with Crippen LogP contribution in [0.2, 0.25) is 0 Å². The predicted molar refractivity (Wildman–Crippen MR) is 81.6 cm³/mol. The second-order valence-electron chi connectivity index (χ2n) is 4.93. The van der Waals surface area contributed by atoms with E-state index in [1.807, 2.05) is 31.2 Å². The largest absolute Gasteiger partial charge is 0.399 e. The summed E-state index contributed by atoms with van der Waals surface area (Å²) in [6.45, 7) is 6.12. The van der Waals surface area contributed by atoms with Crippen LogP contribution in [0.3, 0.4) is 0 Å². The molecule has 0 amide bonds. The molecule has 2 N–H and O–H groups in total. The van der Waals surface area contributed by atoms with Crippen molar-refractivity contribution in [3.8, 4) is 0 Å². The third-order valence-electron chi connectivity index (χ3n) is 3.33. The molecule has 0 aliphatic carbocycles. The van der Waals surface area contributed by atoms with E-state index in [9.17, 15) is 4.21 Å². The van der Waals surface area contributed by atoms with Crippen molar-refractivity contribution in [3.63, 3.8) is 0 Å². The third kappa shape index (κ3) is 3.24. The maximum Gasteiger partial charge on any atom is 0.0577 e. The highest BCUT2D eigenvalue weighted by Crippen LogP contribution is 2.20. The number of aryl methyl sites for hydroxylation is 3. The highest BCUT2D eigenvalue weighted by atomic mass is 32.2. The van der Waals surface area contributed by atoms with Crippen LogP contribution in [-0.2, 0) is 16.6 Å². The molecule has 0 aromatic heterocycles. The number of rotatable bonds is 3. The lowest BCUT2D eigenvalue weighted by Gasteiger charge is -2.08. The first-order valence-corrected chi connectivity index (χ1v) is 7.60. The molecule has 0 bridgehead atoms. The molecule has 2 aromatic rings. The summed E-state index contributed by atoms with van der Waals surface area (Å²) in [5.41, 5.74) is 11.0. The van der Waals surface area contributed by atoms with E-state index in [0.717, 1.165) is 16.0 Å². The summed E-state index contributed by atoms with van der Waals surface area (Å²) in [7, 11) is -1.05. The molecule has 0 fully saturated rings. The van der Waals surface area contributed by atoms with E-state index in [-0.39, 0.29) is 0 Å². The lowest BCUT2D eigenvalue weighted by Crippen LogP contribution is -2.00. The van der Waals surface area contributed by atoms with E-state index >= 15 is 0 Å². The minimum Gasteiger partial charge on any atom is -0.399 e. The van der Waals surface area contributed by atoms with Crippen LogP contribution in [0.25, 0.3) is 0 Å². The Morgan fingerprint density at radius 1 is 0.947 bits per heavy atom. The fraction of sp³-hybridized carbons (Fsp3) is 0.250. The van der Waals surface area contributed by atoms with Crippen LogP contribution in [0.1, 0.15) is 22.3 Å². The van der Waals surface area contributed by atoms with Crippen molar-refractivity contribution in [2.24, 2.45) is 0 Å². The molecule has 2 nitrogen and oxygen atoms in total. The first-order chi connectivity index (χ1) is 8.97. The Morgan fingerprint density at radius 2 is 1.63 bits per heavy atom. The number of hydrogen-bond donors (Lipinski definition) is 1. The van der Waals surface area contributed by atoms with Crippen molar-refractivity contribution in [3.05, 3.63) is 58.7 Å². The topological polar surface area (TPSA) is 43.1 Å². The fourth-order valence-corrected chi connectivity index (χ4v) is 3.32. The Hall–Kier alpha value is -1.61. The van der Waals surface area contributed by atoms with Crippen LogP contribution in [0.15, 0.2) is 41.3 Å². The van der Waals surface area contributed by atoms with Gasteiger partial charge < -0.3 is 5.73 Å². The van der Waals surface area contributed by atoms with Crippen molar-refractivity contribution in [2.45, 2.75) is 31.4 Å². The van der Waals surface area contributed by atoms with Crippen LogP contribution in [-0.4, -0.2) is 4.21 Å². The maximum absolute atomic E-state index is 12.4. The van der Waals surface area contributed by atoms with Gasteiger partial charge in [-0.15, -0.1) is 0 Å². The van der Waals surface area contributed by atoms with Crippen molar-refractivity contribution in [2.75, 3.05) is 5.73 Å². The highest BCUT2D eigenvalue weighted by molar-refractivity contribution is 7.84. The van der Waals surface area contributed by atoms with Gasteiger partial charge in [-0.3, -0.25) is 4.21 Å². The molecule has 0 radical (unpaired) electrons. The fourth-order valence-electron chi connectivity index (χ4n) is 1.98. The molecule has 1 atom stereocenters. The minimum absolute atomic E-state index is 0.533. The van der Waals surface area contributed by atoms with Crippen LogP contribution in [0.5, 0.6) is 0 Å². The molecule has 1 unspecified atom stereocenters. The molecule has 3 heteroatoms. The van der Waals surface area contributed by atoms with Crippen molar-refractivity contribution >= 4 is 16.5 Å². The molecule has 2 aromatic carbocycles. The average molecular weight is 273 g/mol. The van der Waals surface area contributed by atoms with Crippen molar-refractivity contribution in [1.29, 1.82) is 0 Å². The van der Waals surface area contributed by atoms with Crippen LogP contribution in [0, 0.1) is 20.8 Å². The zero-order valence-electron chi connectivity index (χ0n) is 11.6. The monoisotopic (exact) mass is 273 g/mol. The van der Waals surface area contributed by atoms with Crippen LogP contribution in [0.4, 0.5) is 5.69 Å². The lowest BCUT2D eigenvalue weighted by molar-refractivity contribution is 0.682. The second-order valence-corrected chi connectivity index (χ2v) is 6.35. The summed E-state index contributed by atoms with van der Waals surface area (Å²) in [5, 5.41) is 0. The summed E-state index contributed by atoms with van der Waals surface area (Å²) in [5.74, 6) is 0.533. The Kier molecular flexibility index (Phi) is 4.05. The molecule has 0 spiro atoms. The Labute approximate surface area is 117 Å². The van der Waals surface area contributed by atoms with Gasteiger partial charge in [-0.2, -0.15) is 0 Å². The molecule has 0 saturated carbocycles. The predicted octanol–water partition coefficient (Wildman–Crippen LogP) is 3.50. The van der Waals surface area contributed by atoms with Gasteiger partial charge in [0.15, 0.2) is 0 Å². The van der Waals surface area contributed by atoms with E-state index in [2.05, 4.69) is 26.0 Å². The van der Waals surface area contributed by atoms with Gasteiger partial charge in [0.25, 0.3) is 0 Å². The SMILES string of the molecule is Cc1ccc(CS(=O)c2cc(N)ccc2C)cc1C. The van der Waals surface area contributed by atoms with Gasteiger partial charge in [-0.1, -0.05) is 24.3 Å². The average Bonchev–Trinajstić information content (AvgIpc) is 2.36. The van der Waals surface area contributed by atoms with Gasteiger partial charge in [0.1, 0.15) is 0 Å². The quantitative estimate of drug-likeness (QED) is 0.870. The van der Waals surface area contributed by atoms with Gasteiger partial charge in [0, 0.05) is 10.6 Å². The Bertz CT molecular complexity index is 635. The molecular formula is C16H19NOS. The summed E-state index contributed by atoms with van der Waals surface area (Å²) in [6, 6.07) is 11.8. The first-order valence-electron chi connectivity index (χ1n) is 6.28. The number of anilines is 1. The van der Waals surface area contributed by atoms with Gasteiger partial charge >= 0.3 is 0 Å². The number of nitrogen functional groups attached to an aromatic ring is 1. The molecule has 0 aliphatic heterocycles. The van der Waals surface area contributed by atoms with Gasteiger partial charge in [0.05, 0.1) is 16.6 Å². The van der Waals surface area contributed by atoms with Crippen molar-refractivity contribution in [1.82, 2.24) is 0 Å². The zero-order valence-corrected chi connectivity index (χ0v) is 12.4. The molecule has 0 aliphatic rings. The molecule has 2 rings (SSSR count). The molecule has 0 heterocycles. The van der Waals surface area contributed by atoms with E-state index in [0.29, 0.717) is 11.4 Å². The van der Waals surface area contributed by atoms with Crippen molar-refractivity contribution < 1.29 is 4.21 Å². The molecular weight excluding hydrogens is 254 g/mol. The number of benzene rings is 2. The second kappa shape index (κ2) is 5.57. The van der Waals surface area contributed by atoms with E-state index in [1.54, 1.807) is 0 Å². The number of nitrogens with two attached hydrogens (primary N) is 1. The Morgan fingerprint density at radius 3 is 2.32 bits per heavy atom. The lowest BCUT2D eigenvalue weighted by atomic mass is 10.1.